The van der Waals surface area contributed by atoms with Crippen LogP contribution in [0.2, 0.25) is 0 Å². The minimum atomic E-state index is 0. The maximum Gasteiger partial charge on any atom is 2.00 e. The van der Waals surface area contributed by atoms with Gasteiger partial charge in [-0.15, -0.1) is 0 Å². The van der Waals surface area contributed by atoms with Gasteiger partial charge in [-0.2, -0.15) is 0 Å². The van der Waals surface area contributed by atoms with Crippen molar-refractivity contribution in [1.29, 1.82) is 0 Å². The van der Waals surface area contributed by atoms with E-state index in [0.29, 0.717) is 0 Å². The van der Waals surface area contributed by atoms with Gasteiger partial charge in [-0.3, -0.25) is 6.08 Å². The van der Waals surface area contributed by atoms with E-state index in [-0.39, 0.29) is 21.7 Å². The van der Waals surface area contributed by atoms with Crippen molar-refractivity contribution in [2.75, 3.05) is 0 Å². The third kappa shape index (κ3) is 24200. The second-order valence-corrected chi connectivity index (χ2v) is 0.622. The zero-order chi connectivity index (χ0) is 5.41. The van der Waals surface area contributed by atoms with Crippen molar-refractivity contribution in [3.05, 3.63) is 32.2 Å². The van der Waals surface area contributed by atoms with Crippen molar-refractivity contribution < 1.29 is 21.7 Å². The normalized spacial score (nSPS) is 3.57. The molecule has 0 aromatic rings. The van der Waals surface area contributed by atoms with Crippen LogP contribution in [-0.2, 0) is 21.7 Å². The predicted octanol–water partition coefficient (Wildman–Crippen LogP) is 2.00. The molecule has 0 atom stereocenters. The first-order valence-corrected chi connectivity index (χ1v) is 1.73. The summed E-state index contributed by atoms with van der Waals surface area (Å²) in [5, 5.41) is 0. The SMILES string of the molecule is C=C[CH2-].[CH-]=CC.[Ti+2]. The summed E-state index contributed by atoms with van der Waals surface area (Å²) in [5.74, 6) is 0. The van der Waals surface area contributed by atoms with Gasteiger partial charge in [-0.25, -0.2) is 19.6 Å². The monoisotopic (exact) mass is 130 g/mol. The molecule has 0 fully saturated rings. The fourth-order valence-corrected chi connectivity index (χ4v) is 0. The average Bonchev–Trinajstić information content (AvgIpc) is 1.39. The minimum absolute atomic E-state index is 0. The van der Waals surface area contributed by atoms with E-state index in [0.717, 1.165) is 0 Å². The van der Waals surface area contributed by atoms with Crippen molar-refractivity contribution in [1.82, 2.24) is 0 Å². The number of rotatable bonds is 0. The molecule has 38 valence electrons. The van der Waals surface area contributed by atoms with Crippen LogP contribution < -0.4 is 0 Å². The molecule has 1 heteroatoms. The van der Waals surface area contributed by atoms with Gasteiger partial charge in [0, 0.05) is 0 Å². The summed E-state index contributed by atoms with van der Waals surface area (Å²) >= 11 is 0. The van der Waals surface area contributed by atoms with Crippen LogP contribution in [0.1, 0.15) is 6.92 Å². The number of allylic oxidation sites excluding steroid dienone is 2. The summed E-state index contributed by atoms with van der Waals surface area (Å²) in [7, 11) is 0. The van der Waals surface area contributed by atoms with Crippen molar-refractivity contribution >= 4 is 0 Å². The maximum absolute atomic E-state index is 4.72. The molecule has 0 saturated heterocycles. The molecule has 0 N–H and O–H groups in total. The molecule has 0 spiro atoms. The van der Waals surface area contributed by atoms with Crippen LogP contribution in [0.3, 0.4) is 0 Å². The summed E-state index contributed by atoms with van der Waals surface area (Å²) in [6.45, 7) is 13.0. The fourth-order valence-electron chi connectivity index (χ4n) is 0. The van der Waals surface area contributed by atoms with E-state index >= 15 is 0 Å². The zero-order valence-electron chi connectivity index (χ0n) is 4.65. The summed E-state index contributed by atoms with van der Waals surface area (Å²) in [6, 6.07) is 0. The van der Waals surface area contributed by atoms with Crippen molar-refractivity contribution in [3.8, 4) is 0 Å². The molecule has 0 aliphatic carbocycles. The fraction of sp³-hybridized carbons (Fsp3) is 0.167. The van der Waals surface area contributed by atoms with Crippen molar-refractivity contribution in [2.45, 2.75) is 6.92 Å². The van der Waals surface area contributed by atoms with E-state index in [2.05, 4.69) is 13.5 Å². The van der Waals surface area contributed by atoms with Gasteiger partial charge in [0.15, 0.2) is 0 Å². The molecule has 0 heterocycles. The second-order valence-electron chi connectivity index (χ2n) is 0.622. The Labute approximate surface area is 61.2 Å². The molecule has 0 amide bonds. The Balaban J connectivity index is -0.0000000400. The smallest absolute Gasteiger partial charge is 0.518 e. The van der Waals surface area contributed by atoms with Crippen LogP contribution in [0.5, 0.6) is 0 Å². The van der Waals surface area contributed by atoms with E-state index in [1.54, 1.807) is 6.92 Å². The van der Waals surface area contributed by atoms with Crippen LogP contribution in [-0.4, -0.2) is 0 Å². The third-order valence-electron chi connectivity index (χ3n) is 0. The molecule has 0 radical (unpaired) electrons. The maximum atomic E-state index is 4.72. The van der Waals surface area contributed by atoms with E-state index < -0.39 is 0 Å². The summed E-state index contributed by atoms with van der Waals surface area (Å²) in [6.07, 6.45) is 3.00. The molecular formula is C6H10Ti. The van der Waals surface area contributed by atoms with E-state index in [1.807, 2.05) is 0 Å². The van der Waals surface area contributed by atoms with E-state index in [1.165, 1.54) is 12.2 Å². The Morgan fingerprint density at radius 1 is 1.71 bits per heavy atom. The molecular weight excluding hydrogens is 120 g/mol. The van der Waals surface area contributed by atoms with Crippen LogP contribution in [0.25, 0.3) is 0 Å². The van der Waals surface area contributed by atoms with Gasteiger partial charge in [-0.05, 0) is 0 Å². The first-order chi connectivity index (χ1) is 2.83. The molecule has 0 aromatic carbocycles. The molecule has 0 unspecified atom stereocenters. The van der Waals surface area contributed by atoms with Gasteiger partial charge in [-0.1, -0.05) is 6.92 Å². The zero-order valence-corrected chi connectivity index (χ0v) is 6.21. The number of hydrogen-bond donors (Lipinski definition) is 0. The van der Waals surface area contributed by atoms with Gasteiger partial charge >= 0.3 is 21.7 Å². The first kappa shape index (κ1) is 15.7. The van der Waals surface area contributed by atoms with Crippen LogP contribution >= 0.6 is 0 Å². The predicted molar refractivity (Wildman–Crippen MR) is 30.1 cm³/mol. The number of hydrogen-bond acceptors (Lipinski definition) is 0. The molecule has 0 rings (SSSR count). The van der Waals surface area contributed by atoms with Gasteiger partial charge < -0.3 is 6.58 Å². The topological polar surface area (TPSA) is 0 Å². The molecule has 0 saturated carbocycles. The molecule has 7 heavy (non-hydrogen) atoms. The molecule has 0 nitrogen and oxygen atoms in total. The standard InChI is InChI=1S/2C3H5.Ti/c2*1-3-2;/h3H,1-2H2;1,3H,2H3;/q2*-1;+2. The Hall–Kier alpha value is 0.0643. The van der Waals surface area contributed by atoms with Crippen molar-refractivity contribution in [3.63, 3.8) is 0 Å². The minimum Gasteiger partial charge on any atom is -0.518 e. The summed E-state index contributed by atoms with van der Waals surface area (Å²) < 4.78 is 0. The van der Waals surface area contributed by atoms with Gasteiger partial charge in [0.1, 0.15) is 0 Å². The summed E-state index contributed by atoms with van der Waals surface area (Å²) in [4.78, 5) is 0. The Morgan fingerprint density at radius 3 is 1.71 bits per heavy atom. The molecule has 0 aliphatic heterocycles. The van der Waals surface area contributed by atoms with Gasteiger partial charge in [0.05, 0.1) is 0 Å². The molecule has 0 aliphatic rings. The Bertz CT molecular complexity index is 25.2. The van der Waals surface area contributed by atoms with Gasteiger partial charge in [0.2, 0.25) is 0 Å². The van der Waals surface area contributed by atoms with Gasteiger partial charge in [0.25, 0.3) is 0 Å². The first-order valence-electron chi connectivity index (χ1n) is 1.73. The largest absolute Gasteiger partial charge is 2.00 e. The molecule has 0 aromatic heterocycles. The quantitative estimate of drug-likeness (QED) is 0.347. The van der Waals surface area contributed by atoms with Crippen LogP contribution in [0.4, 0.5) is 0 Å². The van der Waals surface area contributed by atoms with Crippen LogP contribution in [0.15, 0.2) is 18.7 Å². The van der Waals surface area contributed by atoms with E-state index in [4.69, 9.17) is 6.58 Å². The van der Waals surface area contributed by atoms with E-state index in [9.17, 15) is 0 Å². The van der Waals surface area contributed by atoms with Crippen LogP contribution in [0, 0.1) is 13.5 Å². The average molecular weight is 130 g/mol. The van der Waals surface area contributed by atoms with Crippen molar-refractivity contribution in [2.24, 2.45) is 0 Å². The molecule has 0 bridgehead atoms. The Morgan fingerprint density at radius 2 is 1.71 bits per heavy atom. The summed E-state index contributed by atoms with van der Waals surface area (Å²) in [5.41, 5.74) is 0. The third-order valence-corrected chi connectivity index (χ3v) is 0. The Kier molecular flexibility index (Phi) is 82.0. The second kappa shape index (κ2) is 36.5.